The van der Waals surface area contributed by atoms with Gasteiger partial charge in [0.05, 0.1) is 11.1 Å². The highest BCUT2D eigenvalue weighted by Gasteiger charge is 2.24. The van der Waals surface area contributed by atoms with Gasteiger partial charge in [-0.05, 0) is 62.9 Å². The smallest absolute Gasteiger partial charge is 0.246 e. The monoisotopic (exact) mass is 465 g/mol. The van der Waals surface area contributed by atoms with Crippen molar-refractivity contribution in [3.8, 4) is 0 Å². The van der Waals surface area contributed by atoms with E-state index in [4.69, 9.17) is 11.6 Å². The fourth-order valence-electron chi connectivity index (χ4n) is 4.30. The van der Waals surface area contributed by atoms with Crippen LogP contribution in [0.4, 0.5) is 4.39 Å². The van der Waals surface area contributed by atoms with Crippen LogP contribution in [-0.2, 0) is 9.59 Å². The highest BCUT2D eigenvalue weighted by molar-refractivity contribution is 6.30. The lowest BCUT2D eigenvalue weighted by molar-refractivity contribution is -0.130. The number of aliphatic hydroxyl groups is 1. The molecule has 0 bridgehead atoms. The number of amides is 2. The zero-order valence-corrected chi connectivity index (χ0v) is 19.4. The number of hydrogen-bond acceptors (Lipinski definition) is 4. The lowest BCUT2D eigenvalue weighted by atomic mass is 10.0. The van der Waals surface area contributed by atoms with Gasteiger partial charge in [-0.2, -0.15) is 0 Å². The Morgan fingerprint density at radius 3 is 2.78 bits per heavy atom. The van der Waals surface area contributed by atoms with Crippen LogP contribution in [-0.4, -0.2) is 83.0 Å². The van der Waals surface area contributed by atoms with E-state index < -0.39 is 5.82 Å². The summed E-state index contributed by atoms with van der Waals surface area (Å²) in [5.74, 6) is -0.637. The van der Waals surface area contributed by atoms with Crippen molar-refractivity contribution >= 4 is 29.5 Å². The molecule has 32 heavy (non-hydrogen) atoms. The van der Waals surface area contributed by atoms with Crippen molar-refractivity contribution in [3.05, 3.63) is 40.7 Å². The molecule has 2 aliphatic heterocycles. The fourth-order valence-corrected chi connectivity index (χ4v) is 4.42. The average Bonchev–Trinajstić information content (AvgIpc) is 2.95. The first-order valence-electron chi connectivity index (χ1n) is 11.5. The summed E-state index contributed by atoms with van der Waals surface area (Å²) in [6, 6.07) is 4.88. The molecule has 3 rings (SSSR count). The Morgan fingerprint density at radius 1 is 1.22 bits per heavy atom. The van der Waals surface area contributed by atoms with Gasteiger partial charge in [-0.15, -0.1) is 0 Å². The molecule has 6 nitrogen and oxygen atoms in total. The summed E-state index contributed by atoms with van der Waals surface area (Å²) in [6.07, 6.45) is 6.84. The largest absolute Gasteiger partial charge is 0.392 e. The van der Waals surface area contributed by atoms with Crippen molar-refractivity contribution in [1.29, 1.82) is 0 Å². The van der Waals surface area contributed by atoms with Gasteiger partial charge < -0.3 is 14.9 Å². The number of rotatable bonds is 7. The van der Waals surface area contributed by atoms with Crippen molar-refractivity contribution in [2.24, 2.45) is 0 Å². The summed E-state index contributed by atoms with van der Waals surface area (Å²) >= 11 is 5.68. The molecule has 0 aliphatic carbocycles. The van der Waals surface area contributed by atoms with Crippen LogP contribution in [0.3, 0.4) is 0 Å². The van der Waals surface area contributed by atoms with Crippen molar-refractivity contribution in [2.75, 3.05) is 39.3 Å². The zero-order chi connectivity index (χ0) is 23.1. The van der Waals surface area contributed by atoms with Gasteiger partial charge in [0.15, 0.2) is 0 Å². The summed E-state index contributed by atoms with van der Waals surface area (Å²) in [6.45, 7) is 5.94. The fraction of sp³-hybridized carbons (Fsp3) is 0.583. The second-order valence-electron chi connectivity index (χ2n) is 8.75. The van der Waals surface area contributed by atoms with Crippen LogP contribution in [0.1, 0.15) is 44.6 Å². The molecule has 2 saturated heterocycles. The van der Waals surface area contributed by atoms with Crippen molar-refractivity contribution in [1.82, 2.24) is 14.7 Å². The second-order valence-corrected chi connectivity index (χ2v) is 9.15. The Bertz CT molecular complexity index is 835. The molecule has 0 radical (unpaired) electrons. The van der Waals surface area contributed by atoms with Gasteiger partial charge in [0, 0.05) is 51.3 Å². The molecule has 2 atom stereocenters. The number of benzene rings is 1. The number of nitrogens with zero attached hydrogens (tertiary/aromatic N) is 3. The quantitative estimate of drug-likeness (QED) is 0.496. The van der Waals surface area contributed by atoms with E-state index in [1.165, 1.54) is 18.2 Å². The summed E-state index contributed by atoms with van der Waals surface area (Å²) in [4.78, 5) is 30.9. The number of likely N-dealkylation sites (tertiary alicyclic amines) is 1. The van der Waals surface area contributed by atoms with E-state index in [-0.39, 0.29) is 22.9 Å². The molecule has 2 heterocycles. The van der Waals surface area contributed by atoms with Crippen LogP contribution in [0, 0.1) is 5.82 Å². The summed E-state index contributed by atoms with van der Waals surface area (Å²) < 4.78 is 13.5. The Balaban J connectivity index is 1.43. The van der Waals surface area contributed by atoms with Gasteiger partial charge in [-0.25, -0.2) is 4.39 Å². The van der Waals surface area contributed by atoms with Crippen LogP contribution in [0.5, 0.6) is 0 Å². The van der Waals surface area contributed by atoms with Crippen molar-refractivity contribution < 1.29 is 19.1 Å². The second kappa shape index (κ2) is 11.8. The third kappa shape index (κ3) is 7.02. The molecule has 1 aromatic carbocycles. The Morgan fingerprint density at radius 2 is 2.00 bits per heavy atom. The van der Waals surface area contributed by atoms with Crippen LogP contribution >= 0.6 is 11.6 Å². The third-order valence-electron chi connectivity index (χ3n) is 6.37. The summed E-state index contributed by atoms with van der Waals surface area (Å²) in [5, 5.41) is 9.91. The molecule has 2 aliphatic rings. The van der Waals surface area contributed by atoms with E-state index in [0.29, 0.717) is 44.2 Å². The molecule has 0 saturated carbocycles. The predicted molar refractivity (Wildman–Crippen MR) is 124 cm³/mol. The maximum absolute atomic E-state index is 13.5. The Hall–Kier alpha value is -1.96. The average molecular weight is 466 g/mol. The topological polar surface area (TPSA) is 64.1 Å². The highest BCUT2D eigenvalue weighted by atomic mass is 35.5. The maximum Gasteiger partial charge on any atom is 0.246 e. The molecular formula is C24H33ClFN3O3. The number of piperidine rings is 1. The first kappa shape index (κ1) is 24.7. The summed E-state index contributed by atoms with van der Waals surface area (Å²) in [5.41, 5.74) is 0.559. The molecule has 2 unspecified atom stereocenters. The molecule has 176 valence electrons. The SMILES string of the molecule is CC1CCC(O)CN1CCCCN1CCN(C(=O)C=Cc2ccc(Cl)c(F)c2)CCC1=O. The normalized spacial score (nSPS) is 23.1. The number of β-amino-alcohol motifs (C(OH)–C–C–N with tert-alkyl or cyclic N) is 1. The zero-order valence-electron chi connectivity index (χ0n) is 18.7. The Labute approximate surface area is 194 Å². The minimum absolute atomic E-state index is 0.0441. The van der Waals surface area contributed by atoms with Gasteiger partial charge in [-0.1, -0.05) is 17.7 Å². The Kier molecular flexibility index (Phi) is 9.08. The van der Waals surface area contributed by atoms with Gasteiger partial charge in [0.2, 0.25) is 11.8 Å². The van der Waals surface area contributed by atoms with E-state index >= 15 is 0 Å². The third-order valence-corrected chi connectivity index (χ3v) is 6.68. The van der Waals surface area contributed by atoms with E-state index in [1.54, 1.807) is 17.0 Å². The minimum Gasteiger partial charge on any atom is -0.392 e. The van der Waals surface area contributed by atoms with Crippen LogP contribution in [0.25, 0.3) is 6.08 Å². The molecule has 1 N–H and O–H groups in total. The summed E-state index contributed by atoms with van der Waals surface area (Å²) in [7, 11) is 0. The van der Waals surface area contributed by atoms with Gasteiger partial charge >= 0.3 is 0 Å². The minimum atomic E-state index is -0.525. The standard InChI is InChI=1S/C24H33ClFN3O3/c1-18-4-7-20(30)17-29(18)12-3-2-11-27-14-15-28(13-10-24(27)32)23(31)9-6-19-5-8-21(25)22(26)16-19/h5-6,8-9,16,18,20,30H,2-4,7,10-15,17H2,1H3. The van der Waals surface area contributed by atoms with E-state index in [9.17, 15) is 19.1 Å². The number of halogens is 2. The van der Waals surface area contributed by atoms with Crippen LogP contribution in [0.15, 0.2) is 24.3 Å². The number of carbonyl (C=O) groups excluding carboxylic acids is 2. The lowest BCUT2D eigenvalue weighted by Gasteiger charge is -2.36. The molecule has 0 spiro atoms. The number of hydrogen-bond donors (Lipinski definition) is 1. The van der Waals surface area contributed by atoms with Crippen LogP contribution in [0.2, 0.25) is 5.02 Å². The van der Waals surface area contributed by atoms with Gasteiger partial charge in [0.25, 0.3) is 0 Å². The van der Waals surface area contributed by atoms with E-state index in [1.807, 2.05) is 4.90 Å². The molecular weight excluding hydrogens is 433 g/mol. The molecule has 0 aromatic heterocycles. The molecule has 8 heteroatoms. The lowest BCUT2D eigenvalue weighted by Crippen LogP contribution is -2.44. The van der Waals surface area contributed by atoms with E-state index in [0.717, 1.165) is 38.8 Å². The van der Waals surface area contributed by atoms with Crippen molar-refractivity contribution in [3.63, 3.8) is 0 Å². The molecule has 1 aromatic rings. The van der Waals surface area contributed by atoms with E-state index in [2.05, 4.69) is 11.8 Å². The molecule has 2 fully saturated rings. The van der Waals surface area contributed by atoms with Crippen molar-refractivity contribution in [2.45, 2.75) is 51.2 Å². The molecule has 2 amide bonds. The first-order valence-corrected chi connectivity index (χ1v) is 11.8. The highest BCUT2D eigenvalue weighted by Crippen LogP contribution is 2.18. The van der Waals surface area contributed by atoms with Gasteiger partial charge in [-0.3, -0.25) is 14.5 Å². The number of aliphatic hydroxyl groups excluding tert-OH is 1. The maximum atomic E-state index is 13.5. The number of unbranched alkanes of at least 4 members (excludes halogenated alkanes) is 1. The van der Waals surface area contributed by atoms with Crippen LogP contribution < -0.4 is 0 Å². The van der Waals surface area contributed by atoms with Gasteiger partial charge in [0.1, 0.15) is 5.82 Å². The first-order chi connectivity index (χ1) is 15.3. The number of carbonyl (C=O) groups is 2. The predicted octanol–water partition coefficient (Wildman–Crippen LogP) is 3.18.